The Bertz CT molecular complexity index is 271. The summed E-state index contributed by atoms with van der Waals surface area (Å²) in [7, 11) is 3.60. The molecule has 0 radical (unpaired) electrons. The summed E-state index contributed by atoms with van der Waals surface area (Å²) in [6.45, 7) is 0.843. The molecule has 1 aromatic rings. The third-order valence-electron chi connectivity index (χ3n) is 2.46. The molecule has 0 spiro atoms. The van der Waals surface area contributed by atoms with Crippen molar-refractivity contribution < 1.29 is 9.84 Å². The Labute approximate surface area is 91.1 Å². The van der Waals surface area contributed by atoms with E-state index >= 15 is 0 Å². The highest BCUT2D eigenvalue weighted by atomic mass is 16.5. The molecule has 0 amide bonds. The zero-order valence-electron chi connectivity index (χ0n) is 9.36. The highest BCUT2D eigenvalue weighted by molar-refractivity contribution is 5.24. The third kappa shape index (κ3) is 3.63. The molecule has 1 unspecified atom stereocenters. The monoisotopic (exact) mass is 209 g/mol. The summed E-state index contributed by atoms with van der Waals surface area (Å²) < 4.78 is 5.05. The number of ether oxygens (including phenoxy) is 1. The molecule has 3 nitrogen and oxygen atoms in total. The molecule has 3 heteroatoms. The zero-order chi connectivity index (χ0) is 11.1. The first-order valence-corrected chi connectivity index (χ1v) is 5.17. The van der Waals surface area contributed by atoms with Crippen LogP contribution in [0.1, 0.15) is 23.6 Å². The zero-order valence-corrected chi connectivity index (χ0v) is 9.36. The summed E-state index contributed by atoms with van der Waals surface area (Å²) in [5.74, 6) is 0. The first kappa shape index (κ1) is 12.2. The van der Waals surface area contributed by atoms with E-state index in [1.807, 2.05) is 7.05 Å². The Kier molecular flexibility index (Phi) is 5.32. The lowest BCUT2D eigenvalue weighted by Crippen LogP contribution is -2.17. The quantitative estimate of drug-likeness (QED) is 0.745. The van der Waals surface area contributed by atoms with E-state index in [0.717, 1.165) is 6.42 Å². The van der Waals surface area contributed by atoms with Gasteiger partial charge in [0.2, 0.25) is 0 Å². The Morgan fingerprint density at radius 1 is 1.33 bits per heavy atom. The number of aliphatic hydroxyl groups excluding tert-OH is 1. The van der Waals surface area contributed by atoms with Gasteiger partial charge in [-0.05, 0) is 24.6 Å². The van der Waals surface area contributed by atoms with Gasteiger partial charge < -0.3 is 15.2 Å². The lowest BCUT2D eigenvalue weighted by atomic mass is 10.0. The van der Waals surface area contributed by atoms with Crippen molar-refractivity contribution in [3.8, 4) is 0 Å². The van der Waals surface area contributed by atoms with Gasteiger partial charge in [-0.15, -0.1) is 0 Å². The van der Waals surface area contributed by atoms with Crippen molar-refractivity contribution >= 4 is 0 Å². The molecule has 0 saturated heterocycles. The maximum atomic E-state index is 8.91. The molecular weight excluding hydrogens is 190 g/mol. The minimum atomic E-state index is 0.200. The Hall–Kier alpha value is -0.900. The molecule has 0 aliphatic carbocycles. The van der Waals surface area contributed by atoms with Crippen LogP contribution in [0.5, 0.6) is 0 Å². The van der Waals surface area contributed by atoms with E-state index in [0.29, 0.717) is 6.61 Å². The van der Waals surface area contributed by atoms with Crippen molar-refractivity contribution in [1.82, 2.24) is 5.32 Å². The molecule has 0 aromatic heterocycles. The second-order valence-electron chi connectivity index (χ2n) is 3.53. The second-order valence-corrected chi connectivity index (χ2v) is 3.53. The number of hydrogen-bond acceptors (Lipinski definition) is 3. The fourth-order valence-electron chi connectivity index (χ4n) is 1.62. The first-order chi connectivity index (χ1) is 7.31. The summed E-state index contributed by atoms with van der Waals surface area (Å²) in [6.07, 6.45) is 0.736. The molecule has 15 heavy (non-hydrogen) atoms. The fourth-order valence-corrected chi connectivity index (χ4v) is 1.62. The standard InChI is InChI=1S/C12H19NO2/c1-13-12(7-8-14)11-5-3-10(4-6-11)9-15-2/h3-6,12-14H,7-9H2,1-2H3. The third-order valence-corrected chi connectivity index (χ3v) is 2.46. The van der Waals surface area contributed by atoms with Crippen LogP contribution in [0.3, 0.4) is 0 Å². The fraction of sp³-hybridized carbons (Fsp3) is 0.500. The van der Waals surface area contributed by atoms with Gasteiger partial charge in [0.25, 0.3) is 0 Å². The van der Waals surface area contributed by atoms with Crippen molar-refractivity contribution in [3.63, 3.8) is 0 Å². The van der Waals surface area contributed by atoms with Crippen LogP contribution < -0.4 is 5.32 Å². The van der Waals surface area contributed by atoms with Crippen LogP contribution in [-0.2, 0) is 11.3 Å². The van der Waals surface area contributed by atoms with Gasteiger partial charge in [0.05, 0.1) is 6.61 Å². The molecule has 0 bridgehead atoms. The largest absolute Gasteiger partial charge is 0.396 e. The van der Waals surface area contributed by atoms with Gasteiger partial charge in [-0.2, -0.15) is 0 Å². The summed E-state index contributed by atoms with van der Waals surface area (Å²) in [5, 5.41) is 12.1. The predicted octanol–water partition coefficient (Wildman–Crippen LogP) is 1.48. The van der Waals surface area contributed by atoms with Gasteiger partial charge in [0.1, 0.15) is 0 Å². The molecule has 0 fully saturated rings. The van der Waals surface area contributed by atoms with E-state index in [1.54, 1.807) is 7.11 Å². The van der Waals surface area contributed by atoms with Gasteiger partial charge in [0, 0.05) is 19.8 Å². The van der Waals surface area contributed by atoms with E-state index in [9.17, 15) is 0 Å². The summed E-state index contributed by atoms with van der Waals surface area (Å²) >= 11 is 0. The number of methoxy groups -OCH3 is 1. The van der Waals surface area contributed by atoms with Crippen LogP contribution in [-0.4, -0.2) is 25.9 Å². The summed E-state index contributed by atoms with van der Waals surface area (Å²) in [5.41, 5.74) is 2.37. The average molecular weight is 209 g/mol. The Balaban J connectivity index is 2.68. The van der Waals surface area contributed by atoms with Gasteiger partial charge in [-0.1, -0.05) is 24.3 Å². The first-order valence-electron chi connectivity index (χ1n) is 5.17. The molecule has 1 atom stereocenters. The van der Waals surface area contributed by atoms with Crippen molar-refractivity contribution in [2.75, 3.05) is 20.8 Å². The maximum absolute atomic E-state index is 8.91. The van der Waals surface area contributed by atoms with Crippen molar-refractivity contribution in [2.45, 2.75) is 19.1 Å². The molecule has 1 aromatic carbocycles. The smallest absolute Gasteiger partial charge is 0.0713 e. The van der Waals surface area contributed by atoms with Crippen LogP contribution in [0.2, 0.25) is 0 Å². The van der Waals surface area contributed by atoms with E-state index in [1.165, 1.54) is 11.1 Å². The molecule has 0 saturated carbocycles. The van der Waals surface area contributed by atoms with Gasteiger partial charge >= 0.3 is 0 Å². The minimum Gasteiger partial charge on any atom is -0.396 e. The SMILES string of the molecule is CNC(CCO)c1ccc(COC)cc1. The second kappa shape index (κ2) is 6.56. The lowest BCUT2D eigenvalue weighted by Gasteiger charge is -2.15. The molecule has 0 heterocycles. The maximum Gasteiger partial charge on any atom is 0.0713 e. The average Bonchev–Trinajstić information content (AvgIpc) is 2.28. The summed E-state index contributed by atoms with van der Waals surface area (Å²) in [6, 6.07) is 8.49. The van der Waals surface area contributed by atoms with Crippen LogP contribution in [0.4, 0.5) is 0 Å². The number of hydrogen-bond donors (Lipinski definition) is 2. The Morgan fingerprint density at radius 3 is 2.47 bits per heavy atom. The van der Waals surface area contributed by atoms with E-state index in [2.05, 4.69) is 29.6 Å². The van der Waals surface area contributed by atoms with E-state index < -0.39 is 0 Å². The molecule has 84 valence electrons. The minimum absolute atomic E-state index is 0.200. The van der Waals surface area contributed by atoms with Crippen LogP contribution in [0, 0.1) is 0 Å². The summed E-state index contributed by atoms with van der Waals surface area (Å²) in [4.78, 5) is 0. The lowest BCUT2D eigenvalue weighted by molar-refractivity contribution is 0.185. The van der Waals surface area contributed by atoms with Gasteiger partial charge in [0.15, 0.2) is 0 Å². The van der Waals surface area contributed by atoms with Gasteiger partial charge in [-0.3, -0.25) is 0 Å². The molecule has 1 rings (SSSR count). The van der Waals surface area contributed by atoms with Crippen molar-refractivity contribution in [1.29, 1.82) is 0 Å². The van der Waals surface area contributed by atoms with Crippen LogP contribution in [0.25, 0.3) is 0 Å². The molecule has 0 aliphatic rings. The van der Waals surface area contributed by atoms with Crippen molar-refractivity contribution in [3.05, 3.63) is 35.4 Å². The number of rotatable bonds is 6. The number of aliphatic hydroxyl groups is 1. The van der Waals surface area contributed by atoms with Gasteiger partial charge in [-0.25, -0.2) is 0 Å². The predicted molar refractivity (Wildman–Crippen MR) is 60.7 cm³/mol. The number of benzene rings is 1. The van der Waals surface area contributed by atoms with E-state index in [-0.39, 0.29) is 12.6 Å². The molecular formula is C12H19NO2. The Morgan fingerprint density at radius 2 is 2.00 bits per heavy atom. The highest BCUT2D eigenvalue weighted by Crippen LogP contribution is 2.16. The van der Waals surface area contributed by atoms with Crippen LogP contribution in [0.15, 0.2) is 24.3 Å². The highest BCUT2D eigenvalue weighted by Gasteiger charge is 2.07. The van der Waals surface area contributed by atoms with Crippen molar-refractivity contribution in [2.24, 2.45) is 0 Å². The topological polar surface area (TPSA) is 41.5 Å². The normalized spacial score (nSPS) is 12.7. The molecule has 2 N–H and O–H groups in total. The van der Waals surface area contributed by atoms with E-state index in [4.69, 9.17) is 9.84 Å². The molecule has 0 aliphatic heterocycles. The van der Waals surface area contributed by atoms with Crippen LogP contribution >= 0.6 is 0 Å². The number of nitrogens with one attached hydrogen (secondary N) is 1.